The normalized spacial score (nSPS) is 19.8. The molecule has 0 bridgehead atoms. The predicted octanol–water partition coefficient (Wildman–Crippen LogP) is 2.25. The van der Waals surface area contributed by atoms with Gasteiger partial charge in [0.15, 0.2) is 5.96 Å². The number of nitrogens with one attached hydrogen (secondary N) is 3. The van der Waals surface area contributed by atoms with Gasteiger partial charge in [0, 0.05) is 31.6 Å². The second-order valence-corrected chi connectivity index (χ2v) is 7.80. The average Bonchev–Trinajstić information content (AvgIpc) is 3.43. The first kappa shape index (κ1) is 24.5. The van der Waals surface area contributed by atoms with E-state index in [1.807, 2.05) is 17.9 Å². The van der Waals surface area contributed by atoms with E-state index in [-0.39, 0.29) is 48.4 Å². The van der Waals surface area contributed by atoms with Gasteiger partial charge in [-0.3, -0.25) is 9.59 Å². The van der Waals surface area contributed by atoms with Crippen LogP contribution in [-0.4, -0.2) is 54.9 Å². The number of rotatable bonds is 7. The maximum atomic E-state index is 12.7. The highest BCUT2D eigenvalue weighted by atomic mass is 127. The van der Waals surface area contributed by atoms with Gasteiger partial charge in [-0.25, -0.2) is 4.99 Å². The zero-order chi connectivity index (χ0) is 20.5. The Kier molecular flexibility index (Phi) is 10.5. The van der Waals surface area contributed by atoms with Crippen LogP contribution in [0.3, 0.4) is 0 Å². The number of carbonyl (C=O) groups excluding carboxylic acids is 2. The number of furan rings is 1. The Morgan fingerprint density at radius 2 is 2.00 bits per heavy atom. The maximum Gasteiger partial charge on any atom is 0.242 e. The number of likely N-dealkylation sites (tertiary alicyclic amines) is 1. The van der Waals surface area contributed by atoms with Crippen LogP contribution in [-0.2, 0) is 16.1 Å². The van der Waals surface area contributed by atoms with E-state index in [1.165, 1.54) is 19.3 Å². The molecule has 8 nitrogen and oxygen atoms in total. The Morgan fingerprint density at radius 1 is 1.20 bits per heavy atom. The molecule has 1 aliphatic carbocycles. The van der Waals surface area contributed by atoms with Crippen molar-refractivity contribution in [3.05, 3.63) is 24.2 Å². The lowest BCUT2D eigenvalue weighted by Crippen LogP contribution is -2.46. The first-order valence-corrected chi connectivity index (χ1v) is 10.8. The van der Waals surface area contributed by atoms with Crippen LogP contribution in [0, 0.1) is 5.92 Å². The largest absolute Gasteiger partial charge is 0.467 e. The van der Waals surface area contributed by atoms with E-state index >= 15 is 0 Å². The molecule has 2 aliphatic rings. The van der Waals surface area contributed by atoms with Crippen molar-refractivity contribution in [2.75, 3.05) is 26.2 Å². The van der Waals surface area contributed by atoms with Gasteiger partial charge in [0.25, 0.3) is 0 Å². The fourth-order valence-electron chi connectivity index (χ4n) is 4.00. The molecule has 1 saturated heterocycles. The third-order valence-corrected chi connectivity index (χ3v) is 5.56. The highest BCUT2D eigenvalue weighted by Crippen LogP contribution is 2.26. The highest BCUT2D eigenvalue weighted by Gasteiger charge is 2.31. The van der Waals surface area contributed by atoms with Crippen molar-refractivity contribution in [1.82, 2.24) is 20.9 Å². The van der Waals surface area contributed by atoms with Gasteiger partial charge >= 0.3 is 0 Å². The molecule has 1 aliphatic heterocycles. The molecular formula is C21H34IN5O3. The van der Waals surface area contributed by atoms with Gasteiger partial charge in [-0.1, -0.05) is 19.3 Å². The number of nitrogens with zero attached hydrogens (tertiary/aromatic N) is 2. The lowest BCUT2D eigenvalue weighted by Gasteiger charge is -2.26. The summed E-state index contributed by atoms with van der Waals surface area (Å²) in [5.41, 5.74) is 0. The number of halogens is 1. The van der Waals surface area contributed by atoms with Crippen molar-refractivity contribution in [3.63, 3.8) is 0 Å². The molecule has 0 spiro atoms. The predicted molar refractivity (Wildman–Crippen MR) is 127 cm³/mol. The van der Waals surface area contributed by atoms with Gasteiger partial charge in [0.05, 0.1) is 12.8 Å². The van der Waals surface area contributed by atoms with Gasteiger partial charge < -0.3 is 25.3 Å². The molecule has 2 amide bonds. The van der Waals surface area contributed by atoms with E-state index in [0.29, 0.717) is 37.3 Å². The van der Waals surface area contributed by atoms with E-state index < -0.39 is 0 Å². The molecule has 1 unspecified atom stereocenters. The quantitative estimate of drug-likeness (QED) is 0.285. The second kappa shape index (κ2) is 12.8. The number of amides is 2. The second-order valence-electron chi connectivity index (χ2n) is 7.80. The van der Waals surface area contributed by atoms with E-state index in [4.69, 9.17) is 4.42 Å². The fraction of sp³-hybridized carbons (Fsp3) is 0.667. The van der Waals surface area contributed by atoms with Crippen LogP contribution in [0.4, 0.5) is 0 Å². The number of carbonyl (C=O) groups is 2. The van der Waals surface area contributed by atoms with Crippen LogP contribution in [0.2, 0.25) is 0 Å². The average molecular weight is 531 g/mol. The maximum absolute atomic E-state index is 12.7. The molecule has 9 heteroatoms. The van der Waals surface area contributed by atoms with Crippen molar-refractivity contribution in [3.8, 4) is 0 Å². The summed E-state index contributed by atoms with van der Waals surface area (Å²) in [4.78, 5) is 31.1. The molecule has 1 aromatic heterocycles. The van der Waals surface area contributed by atoms with Gasteiger partial charge in [0.2, 0.25) is 11.8 Å². The van der Waals surface area contributed by atoms with Gasteiger partial charge in [-0.2, -0.15) is 0 Å². The van der Waals surface area contributed by atoms with Crippen molar-refractivity contribution in [1.29, 1.82) is 0 Å². The monoisotopic (exact) mass is 531 g/mol. The highest BCUT2D eigenvalue weighted by molar-refractivity contribution is 14.0. The number of hydrogen-bond donors (Lipinski definition) is 3. The number of guanidine groups is 1. The topological polar surface area (TPSA) is 99.0 Å². The van der Waals surface area contributed by atoms with Gasteiger partial charge in [-0.15, -0.1) is 24.0 Å². The van der Waals surface area contributed by atoms with Crippen LogP contribution in [0.25, 0.3) is 0 Å². The Hall–Kier alpha value is -1.78. The summed E-state index contributed by atoms with van der Waals surface area (Å²) in [6, 6.07) is 3.76. The van der Waals surface area contributed by atoms with Crippen molar-refractivity contribution in [2.24, 2.45) is 10.9 Å². The van der Waals surface area contributed by atoms with Crippen LogP contribution >= 0.6 is 24.0 Å². The van der Waals surface area contributed by atoms with Gasteiger partial charge in [-0.05, 0) is 38.3 Å². The Bertz CT molecular complexity index is 689. The van der Waals surface area contributed by atoms with Crippen molar-refractivity contribution < 1.29 is 14.0 Å². The van der Waals surface area contributed by atoms with E-state index in [2.05, 4.69) is 20.9 Å². The first-order chi connectivity index (χ1) is 14.2. The summed E-state index contributed by atoms with van der Waals surface area (Å²) < 4.78 is 5.20. The first-order valence-electron chi connectivity index (χ1n) is 10.8. The molecule has 1 aromatic rings. The molecule has 2 heterocycles. The zero-order valence-electron chi connectivity index (χ0n) is 17.7. The summed E-state index contributed by atoms with van der Waals surface area (Å²) in [7, 11) is 0. The molecular weight excluding hydrogens is 497 g/mol. The van der Waals surface area contributed by atoms with Crippen LogP contribution in [0.1, 0.15) is 51.2 Å². The summed E-state index contributed by atoms with van der Waals surface area (Å²) in [6.07, 6.45) is 8.14. The molecule has 0 aromatic carbocycles. The van der Waals surface area contributed by atoms with Crippen molar-refractivity contribution in [2.45, 2.75) is 58.0 Å². The van der Waals surface area contributed by atoms with E-state index in [1.54, 1.807) is 12.3 Å². The Balaban J connectivity index is 0.00000320. The molecule has 0 radical (unpaired) electrons. The minimum atomic E-state index is -0.167. The van der Waals surface area contributed by atoms with Crippen LogP contribution in [0.15, 0.2) is 27.8 Å². The molecule has 1 atom stereocenters. The number of aliphatic imine (C=N–C) groups is 1. The van der Waals surface area contributed by atoms with E-state index in [9.17, 15) is 9.59 Å². The summed E-state index contributed by atoms with van der Waals surface area (Å²) >= 11 is 0. The SMILES string of the molecule is CCNC(=NCC(=O)NCc1ccco1)NC1CCN(C(=O)C2CCCCC2)C1.I. The Labute approximate surface area is 195 Å². The summed E-state index contributed by atoms with van der Waals surface area (Å²) in [5.74, 6) is 1.67. The van der Waals surface area contributed by atoms with Crippen LogP contribution < -0.4 is 16.0 Å². The zero-order valence-corrected chi connectivity index (χ0v) is 20.0. The summed E-state index contributed by atoms with van der Waals surface area (Å²) in [5, 5.41) is 9.34. The fourth-order valence-corrected chi connectivity index (χ4v) is 4.00. The lowest BCUT2D eigenvalue weighted by molar-refractivity contribution is -0.135. The Morgan fingerprint density at radius 3 is 2.70 bits per heavy atom. The smallest absolute Gasteiger partial charge is 0.242 e. The molecule has 3 N–H and O–H groups in total. The molecule has 1 saturated carbocycles. The number of hydrogen-bond acceptors (Lipinski definition) is 4. The van der Waals surface area contributed by atoms with Crippen LogP contribution in [0.5, 0.6) is 0 Å². The van der Waals surface area contributed by atoms with E-state index in [0.717, 1.165) is 25.8 Å². The molecule has 2 fully saturated rings. The molecule has 30 heavy (non-hydrogen) atoms. The lowest BCUT2D eigenvalue weighted by atomic mass is 9.88. The molecule has 168 valence electrons. The minimum Gasteiger partial charge on any atom is -0.467 e. The van der Waals surface area contributed by atoms with Crippen molar-refractivity contribution >= 4 is 41.8 Å². The third-order valence-electron chi connectivity index (χ3n) is 5.56. The molecule has 3 rings (SSSR count). The third kappa shape index (κ3) is 7.48. The van der Waals surface area contributed by atoms with Gasteiger partial charge in [0.1, 0.15) is 12.3 Å². The standard InChI is InChI=1S/C21H33N5O3.HI/c1-2-22-21(24-14-19(27)23-13-18-9-6-12-29-18)25-17-10-11-26(15-17)20(28)16-7-4-3-5-8-16;/h6,9,12,16-17H,2-5,7-8,10-11,13-15H2,1H3,(H,23,27)(H2,22,24,25);1H. The minimum absolute atomic E-state index is 0. The summed E-state index contributed by atoms with van der Waals surface area (Å²) in [6.45, 7) is 4.57.